The number of fused-ring (bicyclic) bond motifs is 3. The van der Waals surface area contributed by atoms with Crippen molar-refractivity contribution in [3.05, 3.63) is 47.8 Å². The van der Waals surface area contributed by atoms with Crippen LogP contribution < -0.4 is 10.1 Å². The molecule has 4 heterocycles. The number of rotatable bonds is 4. The molecule has 2 N–H and O–H groups in total. The fourth-order valence-electron chi connectivity index (χ4n) is 4.43. The zero-order chi connectivity index (χ0) is 19.1. The molecule has 0 saturated heterocycles. The number of pyridine rings is 1. The lowest BCUT2D eigenvalue weighted by Gasteiger charge is -2.22. The Labute approximate surface area is 162 Å². The van der Waals surface area contributed by atoms with Gasteiger partial charge < -0.3 is 15.0 Å². The van der Waals surface area contributed by atoms with Gasteiger partial charge in [0.15, 0.2) is 5.82 Å². The largest absolute Gasteiger partial charge is 0.474 e. The van der Waals surface area contributed by atoms with E-state index in [1.54, 1.807) is 18.3 Å². The molecule has 1 aliphatic heterocycles. The maximum Gasteiger partial charge on any atom is 0.213 e. The monoisotopic (exact) mass is 375 g/mol. The van der Waals surface area contributed by atoms with Gasteiger partial charge >= 0.3 is 0 Å². The quantitative estimate of drug-likeness (QED) is 0.726. The minimum Gasteiger partial charge on any atom is -0.474 e. The Morgan fingerprint density at radius 3 is 3.00 bits per heavy atom. The van der Waals surface area contributed by atoms with Gasteiger partial charge in [0.2, 0.25) is 5.88 Å². The number of nitriles is 1. The van der Waals surface area contributed by atoms with Gasteiger partial charge in [-0.2, -0.15) is 5.26 Å². The molecule has 3 aromatic rings. The number of hydrogen-bond acceptors (Lipinski definition) is 6. The zero-order valence-corrected chi connectivity index (χ0v) is 15.6. The van der Waals surface area contributed by atoms with Gasteiger partial charge in [0.1, 0.15) is 23.8 Å². The zero-order valence-electron chi connectivity index (χ0n) is 15.6. The minimum atomic E-state index is 0.0794. The predicted octanol–water partition coefficient (Wildman–Crippen LogP) is 3.14. The van der Waals surface area contributed by atoms with E-state index in [4.69, 9.17) is 10.00 Å². The molecule has 0 radical (unpaired) electrons. The molecule has 3 aromatic heterocycles. The summed E-state index contributed by atoms with van der Waals surface area (Å²) >= 11 is 0. The van der Waals surface area contributed by atoms with Gasteiger partial charge in [0.25, 0.3) is 0 Å². The highest BCUT2D eigenvalue weighted by atomic mass is 16.5. The number of aromatic amines is 1. The predicted molar refractivity (Wildman–Crippen MR) is 102 cm³/mol. The second-order valence-corrected chi connectivity index (χ2v) is 7.38. The van der Waals surface area contributed by atoms with E-state index in [0.29, 0.717) is 23.9 Å². The van der Waals surface area contributed by atoms with Crippen molar-refractivity contribution in [3.63, 3.8) is 0 Å². The van der Waals surface area contributed by atoms with Crippen LogP contribution in [0.2, 0.25) is 0 Å². The summed E-state index contributed by atoms with van der Waals surface area (Å²) in [6.45, 7) is 2.88. The molecule has 3 atom stereocenters. The van der Waals surface area contributed by atoms with Crippen molar-refractivity contribution in [2.45, 2.75) is 44.8 Å². The summed E-state index contributed by atoms with van der Waals surface area (Å²) in [7, 11) is 0. The van der Waals surface area contributed by atoms with Gasteiger partial charge in [-0.15, -0.1) is 10.2 Å². The minimum absolute atomic E-state index is 0.0794. The van der Waals surface area contributed by atoms with E-state index in [0.717, 1.165) is 42.4 Å². The molecular weight excluding hydrogens is 354 g/mol. The summed E-state index contributed by atoms with van der Waals surface area (Å²) in [5.74, 6) is 4.30. The van der Waals surface area contributed by atoms with Crippen LogP contribution in [-0.4, -0.2) is 30.8 Å². The molecule has 1 aliphatic carbocycles. The first kappa shape index (κ1) is 16.8. The summed E-state index contributed by atoms with van der Waals surface area (Å²) in [6.07, 6.45) is 6.47. The Balaban J connectivity index is 1.41. The van der Waals surface area contributed by atoms with Crippen molar-refractivity contribution in [2.24, 2.45) is 5.92 Å². The summed E-state index contributed by atoms with van der Waals surface area (Å²) < 4.78 is 8.33. The number of ether oxygens (including phenoxy) is 1. The molecule has 1 fully saturated rings. The third-order valence-corrected chi connectivity index (χ3v) is 5.80. The third-order valence-electron chi connectivity index (χ3n) is 5.80. The van der Waals surface area contributed by atoms with E-state index in [9.17, 15) is 0 Å². The Kier molecular flexibility index (Phi) is 4.01. The second kappa shape index (κ2) is 6.68. The number of hydrogen-bond donors (Lipinski definition) is 2. The fraction of sp³-hybridized carbons (Fsp3) is 0.400. The summed E-state index contributed by atoms with van der Waals surface area (Å²) in [5.41, 5.74) is 1.61. The molecule has 0 spiro atoms. The highest BCUT2D eigenvalue weighted by Crippen LogP contribution is 2.43. The Hall–Kier alpha value is -3.34. The molecule has 8 nitrogen and oxygen atoms in total. The lowest BCUT2D eigenvalue weighted by atomic mass is 9.93. The Morgan fingerprint density at radius 1 is 1.29 bits per heavy atom. The van der Waals surface area contributed by atoms with Gasteiger partial charge in [0, 0.05) is 24.4 Å². The van der Waals surface area contributed by atoms with Crippen LogP contribution in [0.15, 0.2) is 30.6 Å². The van der Waals surface area contributed by atoms with Crippen LogP contribution in [-0.2, 0) is 6.54 Å². The molecule has 28 heavy (non-hydrogen) atoms. The first-order chi connectivity index (χ1) is 13.8. The maximum atomic E-state index is 8.92. The number of H-pyrrole nitrogens is 1. The van der Waals surface area contributed by atoms with Crippen LogP contribution in [0.4, 0.5) is 5.82 Å². The van der Waals surface area contributed by atoms with Crippen LogP contribution in [0.5, 0.6) is 5.88 Å². The summed E-state index contributed by atoms with van der Waals surface area (Å²) in [6, 6.07) is 7.64. The van der Waals surface area contributed by atoms with Crippen molar-refractivity contribution in [3.8, 4) is 17.6 Å². The number of nitrogens with one attached hydrogen (secondary N) is 2. The molecule has 5 rings (SSSR count). The maximum absolute atomic E-state index is 8.92. The molecule has 0 aromatic carbocycles. The van der Waals surface area contributed by atoms with Crippen LogP contribution >= 0.6 is 0 Å². The Bertz CT molecular complexity index is 1030. The second-order valence-electron chi connectivity index (χ2n) is 7.38. The van der Waals surface area contributed by atoms with Gasteiger partial charge in [-0.1, -0.05) is 13.3 Å². The van der Waals surface area contributed by atoms with Crippen molar-refractivity contribution in [1.29, 1.82) is 5.26 Å². The van der Waals surface area contributed by atoms with E-state index in [2.05, 4.69) is 49.1 Å². The van der Waals surface area contributed by atoms with Gasteiger partial charge in [-0.05, 0) is 30.9 Å². The van der Waals surface area contributed by atoms with Crippen molar-refractivity contribution in [1.82, 2.24) is 24.7 Å². The topological polar surface area (TPSA) is 104 Å². The average molecular weight is 375 g/mol. The average Bonchev–Trinajstić information content (AvgIpc) is 3.45. The van der Waals surface area contributed by atoms with E-state index < -0.39 is 0 Å². The van der Waals surface area contributed by atoms with E-state index in [1.165, 1.54) is 0 Å². The first-order valence-electron chi connectivity index (χ1n) is 9.65. The molecule has 2 aliphatic rings. The lowest BCUT2D eigenvalue weighted by Crippen LogP contribution is -2.19. The molecule has 1 unspecified atom stereocenters. The van der Waals surface area contributed by atoms with Gasteiger partial charge in [-0.3, -0.25) is 4.57 Å². The summed E-state index contributed by atoms with van der Waals surface area (Å²) in [5, 5.41) is 21.3. The normalized spacial score (nSPS) is 22.8. The SMILES string of the molecule is CCC1C[C@@H](Oc2ccc(C#N)cn2)C[C@H]1c1nnc2n1-c1cc[nH]c1NC2. The van der Waals surface area contributed by atoms with Crippen LogP contribution in [0.1, 0.15) is 49.3 Å². The number of aromatic nitrogens is 5. The van der Waals surface area contributed by atoms with Crippen LogP contribution in [0.25, 0.3) is 5.69 Å². The first-order valence-corrected chi connectivity index (χ1v) is 9.65. The van der Waals surface area contributed by atoms with Crippen molar-refractivity contribution in [2.75, 3.05) is 5.32 Å². The highest BCUT2D eigenvalue weighted by molar-refractivity contribution is 5.59. The van der Waals surface area contributed by atoms with E-state index in [1.807, 2.05) is 6.20 Å². The molecule has 0 amide bonds. The molecule has 8 heteroatoms. The highest BCUT2D eigenvalue weighted by Gasteiger charge is 2.39. The standard InChI is InChI=1S/C20H21N7O/c1-2-13-7-14(28-18-4-3-12(9-21)10-23-18)8-15(13)20-26-25-17-11-24-19-16(27(17)20)5-6-22-19/h3-6,10,13-15,22,24H,2,7-8,11H2,1H3/t13?,14-,15-/m1/s1. The fourth-order valence-corrected chi connectivity index (χ4v) is 4.43. The third kappa shape index (κ3) is 2.71. The molecule has 0 bridgehead atoms. The van der Waals surface area contributed by atoms with E-state index in [-0.39, 0.29) is 12.0 Å². The Morgan fingerprint density at radius 2 is 2.21 bits per heavy atom. The summed E-state index contributed by atoms with van der Waals surface area (Å²) in [4.78, 5) is 7.49. The van der Waals surface area contributed by atoms with Crippen molar-refractivity contribution < 1.29 is 4.74 Å². The van der Waals surface area contributed by atoms with Crippen molar-refractivity contribution >= 4 is 5.82 Å². The molecule has 142 valence electrons. The number of anilines is 1. The van der Waals surface area contributed by atoms with E-state index >= 15 is 0 Å². The number of nitrogens with zero attached hydrogens (tertiary/aromatic N) is 5. The molecule has 1 saturated carbocycles. The smallest absolute Gasteiger partial charge is 0.213 e. The van der Waals surface area contributed by atoms with Crippen LogP contribution in [0.3, 0.4) is 0 Å². The van der Waals surface area contributed by atoms with Gasteiger partial charge in [0.05, 0.1) is 17.8 Å². The van der Waals surface area contributed by atoms with Crippen LogP contribution in [0, 0.1) is 17.2 Å². The lowest BCUT2D eigenvalue weighted by molar-refractivity contribution is 0.195. The van der Waals surface area contributed by atoms with Gasteiger partial charge in [-0.25, -0.2) is 4.98 Å². The molecular formula is C20H21N7O.